The van der Waals surface area contributed by atoms with Crippen LogP contribution in [0.15, 0.2) is 42.6 Å². The first kappa shape index (κ1) is 12.9. The van der Waals surface area contributed by atoms with Gasteiger partial charge in [-0.15, -0.1) is 0 Å². The van der Waals surface area contributed by atoms with Crippen molar-refractivity contribution in [2.24, 2.45) is 0 Å². The quantitative estimate of drug-likeness (QED) is 0.876. The molecule has 1 amide bonds. The van der Waals surface area contributed by atoms with Crippen LogP contribution in [0.4, 0.5) is 0 Å². The van der Waals surface area contributed by atoms with E-state index in [-0.39, 0.29) is 17.2 Å². The van der Waals surface area contributed by atoms with E-state index in [1.807, 2.05) is 6.07 Å². The van der Waals surface area contributed by atoms with E-state index in [2.05, 4.69) is 10.3 Å². The molecule has 0 aliphatic carbocycles. The molecule has 5 heteroatoms. The normalized spacial score (nSPS) is 9.95. The largest absolute Gasteiger partial charge is 0.507 e. The van der Waals surface area contributed by atoms with Gasteiger partial charge in [-0.25, -0.2) is 4.98 Å². The summed E-state index contributed by atoms with van der Waals surface area (Å²) in [4.78, 5) is 15.9. The molecule has 0 atom stereocenters. The van der Waals surface area contributed by atoms with E-state index in [4.69, 9.17) is 4.74 Å². The second-order valence-corrected chi connectivity index (χ2v) is 3.91. The van der Waals surface area contributed by atoms with Crippen molar-refractivity contribution in [3.05, 3.63) is 53.7 Å². The number of phenols is 1. The summed E-state index contributed by atoms with van der Waals surface area (Å²) in [6.07, 6.45) is 1.63. The zero-order chi connectivity index (χ0) is 13.7. The Kier molecular flexibility index (Phi) is 3.97. The van der Waals surface area contributed by atoms with E-state index >= 15 is 0 Å². The lowest BCUT2D eigenvalue weighted by Gasteiger charge is -2.07. The summed E-state index contributed by atoms with van der Waals surface area (Å²) < 4.78 is 4.95. The van der Waals surface area contributed by atoms with Gasteiger partial charge in [-0.3, -0.25) is 4.79 Å². The van der Waals surface area contributed by atoms with Crippen molar-refractivity contribution < 1.29 is 14.6 Å². The molecule has 98 valence electrons. The monoisotopic (exact) mass is 258 g/mol. The minimum Gasteiger partial charge on any atom is -0.507 e. The number of aromatic nitrogens is 1. The first-order chi connectivity index (χ1) is 9.20. The summed E-state index contributed by atoms with van der Waals surface area (Å²) >= 11 is 0. The number of carbonyl (C=O) groups is 1. The molecule has 0 saturated heterocycles. The van der Waals surface area contributed by atoms with Gasteiger partial charge in [0.25, 0.3) is 5.91 Å². The number of carbonyl (C=O) groups excluding carboxylic acids is 1. The van der Waals surface area contributed by atoms with Crippen LogP contribution in [-0.4, -0.2) is 23.1 Å². The summed E-state index contributed by atoms with van der Waals surface area (Å²) in [5.74, 6) is 0.164. The number of para-hydroxylation sites is 1. The molecule has 0 bridgehead atoms. The Bertz CT molecular complexity index is 567. The number of nitrogens with zero attached hydrogens (tertiary/aromatic N) is 1. The average Bonchev–Trinajstić information content (AvgIpc) is 2.46. The van der Waals surface area contributed by atoms with E-state index in [0.717, 1.165) is 5.56 Å². The number of amides is 1. The van der Waals surface area contributed by atoms with Gasteiger partial charge in [0.2, 0.25) is 5.88 Å². The van der Waals surface area contributed by atoms with Crippen molar-refractivity contribution in [1.29, 1.82) is 0 Å². The molecular weight excluding hydrogens is 244 g/mol. The lowest BCUT2D eigenvalue weighted by Crippen LogP contribution is -2.22. The Hall–Kier alpha value is -2.56. The summed E-state index contributed by atoms with van der Waals surface area (Å²) in [5, 5.41) is 12.3. The molecule has 1 heterocycles. The summed E-state index contributed by atoms with van der Waals surface area (Å²) in [6, 6.07) is 9.95. The molecule has 2 N–H and O–H groups in total. The van der Waals surface area contributed by atoms with Gasteiger partial charge in [0.1, 0.15) is 5.75 Å². The molecule has 5 nitrogen and oxygen atoms in total. The highest BCUT2D eigenvalue weighted by atomic mass is 16.5. The van der Waals surface area contributed by atoms with E-state index in [1.54, 1.807) is 37.6 Å². The van der Waals surface area contributed by atoms with Crippen molar-refractivity contribution in [2.45, 2.75) is 6.54 Å². The van der Waals surface area contributed by atoms with Gasteiger partial charge in [-0.1, -0.05) is 18.2 Å². The Morgan fingerprint density at radius 3 is 2.74 bits per heavy atom. The average molecular weight is 258 g/mol. The SMILES string of the molecule is COc1ccc(CNC(=O)c2ccccc2O)cn1. The van der Waals surface area contributed by atoms with E-state index in [1.165, 1.54) is 6.07 Å². The number of aromatic hydroxyl groups is 1. The smallest absolute Gasteiger partial charge is 0.255 e. The fourth-order valence-corrected chi connectivity index (χ4v) is 1.58. The van der Waals surface area contributed by atoms with E-state index < -0.39 is 0 Å². The van der Waals surface area contributed by atoms with Gasteiger partial charge in [-0.2, -0.15) is 0 Å². The van der Waals surface area contributed by atoms with Crippen LogP contribution in [-0.2, 0) is 6.54 Å². The molecule has 2 rings (SSSR count). The van der Waals surface area contributed by atoms with Crippen molar-refractivity contribution in [3.63, 3.8) is 0 Å². The van der Waals surface area contributed by atoms with Crippen molar-refractivity contribution in [1.82, 2.24) is 10.3 Å². The number of methoxy groups -OCH3 is 1. The predicted molar refractivity (Wildman–Crippen MR) is 70.1 cm³/mol. The second kappa shape index (κ2) is 5.86. The Morgan fingerprint density at radius 2 is 2.11 bits per heavy atom. The van der Waals surface area contributed by atoms with Crippen molar-refractivity contribution >= 4 is 5.91 Å². The van der Waals surface area contributed by atoms with Crippen LogP contribution >= 0.6 is 0 Å². The molecule has 0 aliphatic heterocycles. The molecule has 1 aromatic heterocycles. The molecule has 2 aromatic rings. The number of ether oxygens (including phenoxy) is 1. The van der Waals surface area contributed by atoms with Gasteiger partial charge in [-0.05, 0) is 17.7 Å². The van der Waals surface area contributed by atoms with Gasteiger partial charge in [0.15, 0.2) is 0 Å². The van der Waals surface area contributed by atoms with Crippen molar-refractivity contribution in [2.75, 3.05) is 7.11 Å². The predicted octanol–water partition coefficient (Wildman–Crippen LogP) is 1.73. The van der Waals surface area contributed by atoms with Gasteiger partial charge in [0.05, 0.1) is 12.7 Å². The van der Waals surface area contributed by atoms with Crippen LogP contribution in [0.25, 0.3) is 0 Å². The third-order valence-corrected chi connectivity index (χ3v) is 2.61. The van der Waals surface area contributed by atoms with Crippen LogP contribution in [0.5, 0.6) is 11.6 Å². The highest BCUT2D eigenvalue weighted by molar-refractivity contribution is 5.96. The molecule has 0 fully saturated rings. The molecular formula is C14H14N2O3. The number of pyridine rings is 1. The topological polar surface area (TPSA) is 71.5 Å². The number of rotatable bonds is 4. The fraction of sp³-hybridized carbons (Fsp3) is 0.143. The Labute approximate surface area is 110 Å². The lowest BCUT2D eigenvalue weighted by atomic mass is 10.2. The van der Waals surface area contributed by atoms with Crippen LogP contribution in [0, 0.1) is 0 Å². The first-order valence-electron chi connectivity index (χ1n) is 5.76. The molecule has 19 heavy (non-hydrogen) atoms. The number of benzene rings is 1. The van der Waals surface area contributed by atoms with Gasteiger partial charge < -0.3 is 15.2 Å². The summed E-state index contributed by atoms with van der Waals surface area (Å²) in [7, 11) is 1.54. The lowest BCUT2D eigenvalue weighted by molar-refractivity contribution is 0.0948. The second-order valence-electron chi connectivity index (χ2n) is 3.91. The highest BCUT2D eigenvalue weighted by Gasteiger charge is 2.09. The van der Waals surface area contributed by atoms with Crippen LogP contribution in [0.2, 0.25) is 0 Å². The molecule has 0 aliphatic rings. The van der Waals surface area contributed by atoms with Crippen LogP contribution in [0.1, 0.15) is 15.9 Å². The maximum Gasteiger partial charge on any atom is 0.255 e. The maximum absolute atomic E-state index is 11.8. The third kappa shape index (κ3) is 3.22. The first-order valence-corrected chi connectivity index (χ1v) is 5.76. The number of hydrogen-bond acceptors (Lipinski definition) is 4. The van der Waals surface area contributed by atoms with E-state index in [0.29, 0.717) is 12.4 Å². The Morgan fingerprint density at radius 1 is 1.32 bits per heavy atom. The van der Waals surface area contributed by atoms with Gasteiger partial charge >= 0.3 is 0 Å². The van der Waals surface area contributed by atoms with Gasteiger partial charge in [0, 0.05) is 18.8 Å². The van der Waals surface area contributed by atoms with Crippen LogP contribution < -0.4 is 10.1 Å². The summed E-state index contributed by atoms with van der Waals surface area (Å²) in [5.41, 5.74) is 1.11. The zero-order valence-corrected chi connectivity index (χ0v) is 10.5. The minimum absolute atomic E-state index is 0.0344. The molecule has 0 radical (unpaired) electrons. The molecule has 0 saturated carbocycles. The van der Waals surface area contributed by atoms with E-state index in [9.17, 15) is 9.90 Å². The maximum atomic E-state index is 11.8. The molecule has 1 aromatic carbocycles. The standard InChI is InChI=1S/C14H14N2O3/c1-19-13-7-6-10(8-15-13)9-16-14(18)11-4-2-3-5-12(11)17/h2-8,17H,9H2,1H3,(H,16,18). The van der Waals surface area contributed by atoms with Crippen LogP contribution in [0.3, 0.4) is 0 Å². The number of phenolic OH excluding ortho intramolecular Hbond substituents is 1. The van der Waals surface area contributed by atoms with Crippen molar-refractivity contribution in [3.8, 4) is 11.6 Å². The summed E-state index contributed by atoms with van der Waals surface area (Å²) in [6.45, 7) is 0.337. The highest BCUT2D eigenvalue weighted by Crippen LogP contribution is 2.15. The molecule has 0 unspecified atom stereocenters. The molecule has 0 spiro atoms. The minimum atomic E-state index is -0.325. The number of hydrogen-bond donors (Lipinski definition) is 2. The number of nitrogens with one attached hydrogen (secondary N) is 1. The fourth-order valence-electron chi connectivity index (χ4n) is 1.58. The zero-order valence-electron chi connectivity index (χ0n) is 10.5. The third-order valence-electron chi connectivity index (χ3n) is 2.61. The Balaban J connectivity index is 1.98.